The molecule has 0 spiro atoms. The zero-order valence-corrected chi connectivity index (χ0v) is 14.8. The number of halogens is 1. The lowest BCUT2D eigenvalue weighted by molar-refractivity contribution is 0.323. The van der Waals surface area contributed by atoms with Crippen LogP contribution < -0.4 is 10.0 Å². The lowest BCUT2D eigenvalue weighted by Crippen LogP contribution is -2.41. The van der Waals surface area contributed by atoms with Crippen LogP contribution in [0.5, 0.6) is 0 Å². The van der Waals surface area contributed by atoms with Crippen molar-refractivity contribution in [3.8, 4) is 0 Å². The Morgan fingerprint density at radius 1 is 1.23 bits per heavy atom. The van der Waals surface area contributed by atoms with Crippen LogP contribution in [0.15, 0.2) is 24.3 Å². The van der Waals surface area contributed by atoms with Crippen LogP contribution in [0.1, 0.15) is 39.5 Å². The van der Waals surface area contributed by atoms with Crippen molar-refractivity contribution in [2.75, 3.05) is 11.9 Å². The first-order chi connectivity index (χ1) is 10.4. The summed E-state index contributed by atoms with van der Waals surface area (Å²) in [6.07, 6.45) is 3.90. The second kappa shape index (κ2) is 7.66. The van der Waals surface area contributed by atoms with Crippen molar-refractivity contribution < 1.29 is 8.42 Å². The van der Waals surface area contributed by atoms with Gasteiger partial charge in [0.2, 0.25) is 10.0 Å². The highest BCUT2D eigenvalue weighted by molar-refractivity contribution is 7.90. The smallest absolute Gasteiger partial charge is 0.214 e. The number of nitrogens with one attached hydrogen (secondary N) is 2. The van der Waals surface area contributed by atoms with Crippen molar-refractivity contribution in [1.29, 1.82) is 0 Å². The maximum atomic E-state index is 11.9. The van der Waals surface area contributed by atoms with Gasteiger partial charge in [-0.05, 0) is 63.6 Å². The third-order valence-corrected chi connectivity index (χ3v) is 6.36. The molecule has 4 nitrogen and oxygen atoms in total. The summed E-state index contributed by atoms with van der Waals surface area (Å²) < 4.78 is 26.6. The van der Waals surface area contributed by atoms with Crippen LogP contribution >= 0.6 is 11.6 Å². The molecule has 0 saturated heterocycles. The third-order valence-electron chi connectivity index (χ3n) is 4.22. The Hall–Kier alpha value is -0.780. The Morgan fingerprint density at radius 2 is 1.91 bits per heavy atom. The van der Waals surface area contributed by atoms with E-state index in [4.69, 9.17) is 11.6 Å². The van der Waals surface area contributed by atoms with Gasteiger partial charge in [-0.2, -0.15) is 0 Å². The molecule has 1 fully saturated rings. The Balaban J connectivity index is 1.76. The van der Waals surface area contributed by atoms with Crippen molar-refractivity contribution in [3.63, 3.8) is 0 Å². The molecule has 0 bridgehead atoms. The van der Waals surface area contributed by atoms with Crippen molar-refractivity contribution >= 4 is 27.3 Å². The number of hydrogen-bond acceptors (Lipinski definition) is 3. The highest BCUT2D eigenvalue weighted by Crippen LogP contribution is 2.26. The van der Waals surface area contributed by atoms with E-state index < -0.39 is 10.0 Å². The quantitative estimate of drug-likeness (QED) is 0.828. The van der Waals surface area contributed by atoms with Gasteiger partial charge in [0.05, 0.1) is 5.25 Å². The fourth-order valence-corrected chi connectivity index (χ4v) is 3.88. The molecule has 2 N–H and O–H groups in total. The Labute approximate surface area is 138 Å². The van der Waals surface area contributed by atoms with E-state index in [0.717, 1.165) is 42.9 Å². The maximum Gasteiger partial charge on any atom is 0.214 e. The molecule has 1 saturated carbocycles. The van der Waals surface area contributed by atoms with Gasteiger partial charge >= 0.3 is 0 Å². The van der Waals surface area contributed by atoms with E-state index >= 15 is 0 Å². The highest BCUT2D eigenvalue weighted by atomic mass is 35.5. The summed E-state index contributed by atoms with van der Waals surface area (Å²) in [5.41, 5.74) is 1.04. The number of hydrogen-bond donors (Lipinski definition) is 2. The van der Waals surface area contributed by atoms with Crippen LogP contribution in [0.3, 0.4) is 0 Å². The molecule has 1 aromatic carbocycles. The van der Waals surface area contributed by atoms with Gasteiger partial charge in [0.25, 0.3) is 0 Å². The second-order valence-corrected chi connectivity index (χ2v) is 9.03. The van der Waals surface area contributed by atoms with Gasteiger partial charge in [-0.3, -0.25) is 0 Å². The summed E-state index contributed by atoms with van der Waals surface area (Å²) in [7, 11) is -3.16. The van der Waals surface area contributed by atoms with Crippen LogP contribution in [0.2, 0.25) is 5.02 Å². The lowest BCUT2D eigenvalue weighted by atomic mass is 9.86. The van der Waals surface area contributed by atoms with Gasteiger partial charge in [0.15, 0.2) is 0 Å². The standard InChI is InChI=1S/C16H25ClN2O2S/c1-12(2)22(20,21)19-15-8-6-13(7-9-15)11-18-16-5-3-4-14(17)10-16/h3-5,10,12-13,15,18-19H,6-9,11H2,1-2H3/t13-,15-. The van der Waals surface area contributed by atoms with E-state index in [-0.39, 0.29) is 11.3 Å². The molecule has 0 aromatic heterocycles. The van der Waals surface area contributed by atoms with Crippen molar-refractivity contribution in [3.05, 3.63) is 29.3 Å². The molecule has 1 aliphatic carbocycles. The average molecular weight is 345 g/mol. The summed E-state index contributed by atoms with van der Waals surface area (Å²) in [6.45, 7) is 4.33. The molecule has 0 amide bonds. The van der Waals surface area contributed by atoms with Crippen molar-refractivity contribution in [2.45, 2.75) is 50.8 Å². The normalized spacial score (nSPS) is 22.7. The van der Waals surface area contributed by atoms with Crippen LogP contribution in [0.25, 0.3) is 0 Å². The van der Waals surface area contributed by atoms with Gasteiger partial charge in [-0.1, -0.05) is 17.7 Å². The first-order valence-electron chi connectivity index (χ1n) is 7.87. The fraction of sp³-hybridized carbons (Fsp3) is 0.625. The Kier molecular flexibility index (Phi) is 6.12. The van der Waals surface area contributed by atoms with Crippen molar-refractivity contribution in [2.24, 2.45) is 5.92 Å². The first-order valence-corrected chi connectivity index (χ1v) is 9.80. The molecule has 0 unspecified atom stereocenters. The van der Waals surface area contributed by atoms with Crippen molar-refractivity contribution in [1.82, 2.24) is 4.72 Å². The number of anilines is 1. The predicted octanol–water partition coefficient (Wildman–Crippen LogP) is 3.64. The van der Waals surface area contributed by atoms with Crippen LogP contribution in [-0.2, 0) is 10.0 Å². The summed E-state index contributed by atoms with van der Waals surface area (Å²) in [4.78, 5) is 0. The largest absolute Gasteiger partial charge is 0.385 e. The van der Waals surface area contributed by atoms with E-state index in [1.54, 1.807) is 13.8 Å². The molecule has 6 heteroatoms. The number of rotatable bonds is 6. The van der Waals surface area contributed by atoms with Gasteiger partial charge in [0.1, 0.15) is 0 Å². The molecule has 0 heterocycles. The summed E-state index contributed by atoms with van der Waals surface area (Å²) >= 11 is 5.97. The predicted molar refractivity (Wildman–Crippen MR) is 92.9 cm³/mol. The fourth-order valence-electron chi connectivity index (χ4n) is 2.71. The minimum atomic E-state index is -3.16. The van der Waals surface area contributed by atoms with Gasteiger partial charge < -0.3 is 5.32 Å². The molecule has 0 atom stereocenters. The topological polar surface area (TPSA) is 58.2 Å². The SMILES string of the molecule is CC(C)S(=O)(=O)N[C@H]1CC[C@H](CNc2cccc(Cl)c2)CC1. The van der Waals surface area contributed by atoms with Gasteiger partial charge in [0, 0.05) is 23.3 Å². The zero-order valence-electron chi connectivity index (χ0n) is 13.2. The van der Waals surface area contributed by atoms with E-state index in [1.165, 1.54) is 0 Å². The summed E-state index contributed by atoms with van der Waals surface area (Å²) in [6, 6.07) is 7.81. The van der Waals surface area contributed by atoms with Crippen LogP contribution in [0.4, 0.5) is 5.69 Å². The molecular formula is C16H25ClN2O2S. The van der Waals surface area contributed by atoms with E-state index in [1.807, 2.05) is 24.3 Å². The average Bonchev–Trinajstić information content (AvgIpc) is 2.46. The van der Waals surface area contributed by atoms with Gasteiger partial charge in [-0.25, -0.2) is 13.1 Å². The van der Waals surface area contributed by atoms with Crippen LogP contribution in [-0.4, -0.2) is 26.3 Å². The first kappa shape index (κ1) is 17.6. The van der Waals surface area contributed by atoms with E-state index in [0.29, 0.717) is 5.92 Å². The Morgan fingerprint density at radius 3 is 2.50 bits per heavy atom. The molecule has 1 aliphatic rings. The number of sulfonamides is 1. The maximum absolute atomic E-state index is 11.9. The zero-order chi connectivity index (χ0) is 16.2. The molecular weight excluding hydrogens is 320 g/mol. The molecule has 22 heavy (non-hydrogen) atoms. The van der Waals surface area contributed by atoms with Gasteiger partial charge in [-0.15, -0.1) is 0 Å². The molecule has 2 rings (SSSR count). The lowest BCUT2D eigenvalue weighted by Gasteiger charge is -2.29. The van der Waals surface area contributed by atoms with E-state index in [9.17, 15) is 8.42 Å². The third kappa shape index (κ3) is 5.14. The highest BCUT2D eigenvalue weighted by Gasteiger charge is 2.26. The van der Waals surface area contributed by atoms with Crippen LogP contribution in [0, 0.1) is 5.92 Å². The minimum Gasteiger partial charge on any atom is -0.385 e. The monoisotopic (exact) mass is 344 g/mol. The van der Waals surface area contributed by atoms with E-state index in [2.05, 4.69) is 10.0 Å². The second-order valence-electron chi connectivity index (χ2n) is 6.32. The molecule has 0 radical (unpaired) electrons. The molecule has 1 aromatic rings. The summed E-state index contributed by atoms with van der Waals surface area (Å²) in [5.74, 6) is 0.582. The minimum absolute atomic E-state index is 0.0924. The summed E-state index contributed by atoms with van der Waals surface area (Å²) in [5, 5.41) is 3.78. The number of benzene rings is 1. The molecule has 0 aliphatic heterocycles. The Bertz CT molecular complexity index is 582. The molecule has 124 valence electrons.